The topological polar surface area (TPSA) is 61.7 Å². The molecule has 1 aliphatic carbocycles. The van der Waals surface area contributed by atoms with Crippen LogP contribution in [0.2, 0.25) is 0 Å². The van der Waals surface area contributed by atoms with Crippen molar-refractivity contribution in [1.82, 2.24) is 5.32 Å². The maximum Gasteiger partial charge on any atom is 0.131 e. The minimum absolute atomic E-state index is 0. The van der Waals surface area contributed by atoms with Crippen LogP contribution in [0.4, 0.5) is 0 Å². The number of hydrogen-bond donors (Lipinski definition) is 3. The summed E-state index contributed by atoms with van der Waals surface area (Å²) in [6.45, 7) is 12.3. The summed E-state index contributed by atoms with van der Waals surface area (Å²) in [6, 6.07) is 4.24. The third kappa shape index (κ3) is 4.91. The summed E-state index contributed by atoms with van der Waals surface area (Å²) in [5.41, 5.74) is 5.58. The monoisotopic (exact) mass is 409 g/mol. The Morgan fingerprint density at radius 3 is 2.43 bits per heavy atom. The van der Waals surface area contributed by atoms with Gasteiger partial charge in [0, 0.05) is 17.5 Å². The van der Waals surface area contributed by atoms with Crippen LogP contribution in [0, 0.1) is 6.92 Å². The van der Waals surface area contributed by atoms with Gasteiger partial charge in [0.1, 0.15) is 17.6 Å². The highest BCUT2D eigenvalue weighted by Crippen LogP contribution is 2.48. The fourth-order valence-electron chi connectivity index (χ4n) is 4.47. The Morgan fingerprint density at radius 1 is 1.14 bits per heavy atom. The number of halogens is 1. The first kappa shape index (κ1) is 23.2. The maximum atomic E-state index is 10.7. The zero-order valence-electron chi connectivity index (χ0n) is 18.1. The van der Waals surface area contributed by atoms with E-state index in [0.717, 1.165) is 35.3 Å². The number of hydrogen-bond acceptors (Lipinski definition) is 4. The number of aliphatic hydroxyl groups excluding tert-OH is 2. The maximum absolute atomic E-state index is 10.7. The molecule has 2 aliphatic rings. The quantitative estimate of drug-likeness (QED) is 0.639. The van der Waals surface area contributed by atoms with Crippen LogP contribution in [0.15, 0.2) is 17.7 Å². The summed E-state index contributed by atoms with van der Waals surface area (Å²) in [7, 11) is 0. The van der Waals surface area contributed by atoms with Gasteiger partial charge >= 0.3 is 0 Å². The molecular formula is C23H36ClNO3. The molecule has 1 aliphatic heterocycles. The first-order valence-corrected chi connectivity index (χ1v) is 10.2. The van der Waals surface area contributed by atoms with Crippen molar-refractivity contribution in [2.45, 2.75) is 97.1 Å². The van der Waals surface area contributed by atoms with E-state index in [2.05, 4.69) is 38.2 Å². The van der Waals surface area contributed by atoms with Gasteiger partial charge in [-0.2, -0.15) is 0 Å². The zero-order chi connectivity index (χ0) is 20.0. The second-order valence-corrected chi connectivity index (χ2v) is 9.68. The van der Waals surface area contributed by atoms with Gasteiger partial charge < -0.3 is 14.9 Å². The molecular weight excluding hydrogens is 374 g/mol. The molecule has 5 heteroatoms. The van der Waals surface area contributed by atoms with Crippen molar-refractivity contribution < 1.29 is 14.9 Å². The van der Waals surface area contributed by atoms with Gasteiger partial charge in [-0.1, -0.05) is 6.07 Å². The third-order valence-electron chi connectivity index (χ3n) is 5.56. The second-order valence-electron chi connectivity index (χ2n) is 9.68. The average molecular weight is 410 g/mol. The lowest BCUT2D eigenvalue weighted by Gasteiger charge is -2.40. The first-order chi connectivity index (χ1) is 12.5. The summed E-state index contributed by atoms with van der Waals surface area (Å²) in [4.78, 5) is 0. The van der Waals surface area contributed by atoms with E-state index in [-0.39, 0.29) is 23.5 Å². The number of ether oxygens (including phenoxy) is 1. The van der Waals surface area contributed by atoms with E-state index in [1.54, 1.807) is 0 Å². The van der Waals surface area contributed by atoms with Crippen LogP contribution < -0.4 is 10.1 Å². The smallest absolute Gasteiger partial charge is 0.131 e. The first-order valence-electron chi connectivity index (χ1n) is 10.2. The van der Waals surface area contributed by atoms with Gasteiger partial charge in [0.15, 0.2) is 0 Å². The van der Waals surface area contributed by atoms with Gasteiger partial charge in [-0.3, -0.25) is 5.32 Å². The molecule has 0 radical (unpaired) electrons. The number of nitrogens with one attached hydrogen (secondary N) is 1. The summed E-state index contributed by atoms with van der Waals surface area (Å²) in [6.07, 6.45) is 3.09. The van der Waals surface area contributed by atoms with Crippen LogP contribution >= 0.6 is 12.4 Å². The van der Waals surface area contributed by atoms with Crippen LogP contribution in [0.5, 0.6) is 5.75 Å². The third-order valence-corrected chi connectivity index (χ3v) is 5.56. The molecule has 0 spiro atoms. The van der Waals surface area contributed by atoms with Gasteiger partial charge in [-0.15, -0.1) is 12.4 Å². The largest absolute Gasteiger partial charge is 0.483 e. The molecule has 0 aromatic heterocycles. The lowest BCUT2D eigenvalue weighted by atomic mass is 9.76. The molecule has 28 heavy (non-hydrogen) atoms. The minimum atomic E-state index is -0.970. The number of fused-ring (bicyclic) bond motifs is 2. The Hall–Kier alpha value is -1.07. The normalized spacial score (nSPS) is 20.4. The molecule has 0 bridgehead atoms. The predicted octanol–water partition coefficient (Wildman–Crippen LogP) is 4.53. The molecule has 3 N–H and O–H groups in total. The number of allylic oxidation sites excluding steroid dienone is 1. The van der Waals surface area contributed by atoms with E-state index in [1.807, 2.05) is 20.8 Å². The Morgan fingerprint density at radius 2 is 1.79 bits per heavy atom. The number of rotatable bonds is 4. The van der Waals surface area contributed by atoms with Crippen molar-refractivity contribution in [3.8, 4) is 5.75 Å². The molecule has 1 aromatic carbocycles. The van der Waals surface area contributed by atoms with Crippen LogP contribution in [-0.4, -0.2) is 33.7 Å². The van der Waals surface area contributed by atoms with Gasteiger partial charge in [0.05, 0.1) is 6.10 Å². The van der Waals surface area contributed by atoms with Crippen molar-refractivity contribution in [3.05, 3.63) is 34.4 Å². The highest BCUT2D eigenvalue weighted by atomic mass is 35.5. The molecule has 2 atom stereocenters. The van der Waals surface area contributed by atoms with Gasteiger partial charge in [0.2, 0.25) is 0 Å². The second kappa shape index (κ2) is 8.35. The fourth-order valence-corrected chi connectivity index (χ4v) is 4.47. The molecule has 3 rings (SSSR count). The molecule has 0 saturated heterocycles. The van der Waals surface area contributed by atoms with Gasteiger partial charge in [0.25, 0.3) is 0 Å². The fraction of sp³-hybridized carbons (Fsp3) is 0.652. The minimum Gasteiger partial charge on any atom is -0.483 e. The lowest BCUT2D eigenvalue weighted by Crippen LogP contribution is -2.50. The summed E-state index contributed by atoms with van der Waals surface area (Å²) >= 11 is 0. The molecule has 1 aromatic rings. The van der Waals surface area contributed by atoms with Crippen LogP contribution in [-0.2, 0) is 6.42 Å². The molecule has 158 valence electrons. The molecule has 0 amide bonds. The van der Waals surface area contributed by atoms with Crippen molar-refractivity contribution in [2.24, 2.45) is 0 Å². The number of aryl methyl sites for hydroxylation is 1. The Kier molecular flexibility index (Phi) is 6.92. The number of benzene rings is 1. The SMILES string of the molecule is Cc1cc(CC(O)C(O)NC(C)(C)C)c2c(c1)OC(C)(C)C1=C2CCCC1.Cl. The number of aliphatic hydroxyl groups is 2. The van der Waals surface area contributed by atoms with Crippen molar-refractivity contribution in [1.29, 1.82) is 0 Å². The Balaban J connectivity index is 0.00000280. The summed E-state index contributed by atoms with van der Waals surface area (Å²) in [5.74, 6) is 0.918. The van der Waals surface area contributed by atoms with E-state index < -0.39 is 12.3 Å². The molecule has 1 heterocycles. The van der Waals surface area contributed by atoms with Crippen LogP contribution in [0.3, 0.4) is 0 Å². The molecule has 0 saturated carbocycles. The van der Waals surface area contributed by atoms with Crippen molar-refractivity contribution >= 4 is 18.0 Å². The molecule has 4 nitrogen and oxygen atoms in total. The van der Waals surface area contributed by atoms with Crippen molar-refractivity contribution in [3.63, 3.8) is 0 Å². The standard InChI is InChI=1S/C23H35NO3.ClH/c1-14-11-15(13-18(25)21(26)24-22(2,3)4)20-16-9-7-8-10-17(16)23(5,6)27-19(20)12-14;/h11-12,18,21,24-26H,7-10,13H2,1-6H3;1H. The zero-order valence-corrected chi connectivity index (χ0v) is 18.9. The van der Waals surface area contributed by atoms with Gasteiger partial charge in [-0.05, 0) is 95.6 Å². The molecule has 0 fully saturated rings. The summed E-state index contributed by atoms with van der Waals surface area (Å²) < 4.78 is 6.42. The van der Waals surface area contributed by atoms with Crippen LogP contribution in [0.25, 0.3) is 5.57 Å². The highest BCUT2D eigenvalue weighted by molar-refractivity contribution is 5.85. The predicted molar refractivity (Wildman–Crippen MR) is 117 cm³/mol. The van der Waals surface area contributed by atoms with E-state index in [0.29, 0.717) is 6.42 Å². The van der Waals surface area contributed by atoms with E-state index >= 15 is 0 Å². The van der Waals surface area contributed by atoms with Crippen molar-refractivity contribution in [2.75, 3.05) is 0 Å². The van der Waals surface area contributed by atoms with E-state index in [1.165, 1.54) is 24.0 Å². The van der Waals surface area contributed by atoms with Gasteiger partial charge in [-0.25, -0.2) is 0 Å². The lowest BCUT2D eigenvalue weighted by molar-refractivity contribution is -0.0156. The average Bonchev–Trinajstić information content (AvgIpc) is 2.52. The van der Waals surface area contributed by atoms with Crippen LogP contribution in [0.1, 0.15) is 77.0 Å². The van der Waals surface area contributed by atoms with E-state index in [9.17, 15) is 10.2 Å². The molecule has 2 unspecified atom stereocenters. The summed E-state index contributed by atoms with van der Waals surface area (Å²) in [5, 5.41) is 24.1. The highest BCUT2D eigenvalue weighted by Gasteiger charge is 2.37. The Labute approximate surface area is 175 Å². The van der Waals surface area contributed by atoms with E-state index in [4.69, 9.17) is 4.74 Å². The Bertz CT molecular complexity index is 749.